The average Bonchev–Trinajstić information content (AvgIpc) is 2.55. The largest absolute Gasteiger partial charge is 0.416 e. The van der Waals surface area contributed by atoms with Crippen molar-refractivity contribution in [3.63, 3.8) is 0 Å². The fourth-order valence-electron chi connectivity index (χ4n) is 2.36. The van der Waals surface area contributed by atoms with Crippen LogP contribution in [-0.4, -0.2) is 11.9 Å². The van der Waals surface area contributed by atoms with Gasteiger partial charge in [0.15, 0.2) is 0 Å². The number of carbonyl (C=O) groups excluding carboxylic acids is 2. The number of alkyl halides is 3. The second kappa shape index (κ2) is 8.03. The van der Waals surface area contributed by atoms with Gasteiger partial charge in [-0.25, -0.2) is 4.79 Å². The maximum atomic E-state index is 12.9. The van der Waals surface area contributed by atoms with E-state index in [9.17, 15) is 22.8 Å². The van der Waals surface area contributed by atoms with Crippen LogP contribution in [0.3, 0.4) is 0 Å². The Morgan fingerprint density at radius 1 is 1.12 bits per heavy atom. The van der Waals surface area contributed by atoms with E-state index in [1.165, 1.54) is 19.1 Å². The number of rotatable bonds is 5. The van der Waals surface area contributed by atoms with Crippen LogP contribution < -0.4 is 10.1 Å². The van der Waals surface area contributed by atoms with E-state index < -0.39 is 23.9 Å². The molecule has 2 aromatic carbocycles. The standard InChI is InChI=1S/C19H18F3NO3/c1-12-6-8-16(9-7-12)26-18(25)23-17(10-13(2)24)14-4-3-5-15(11-14)19(20,21)22/h3-9,11,17H,10H2,1-2H3,(H,23,25)/t17-/m0/s1. The minimum Gasteiger partial charge on any atom is -0.410 e. The van der Waals surface area contributed by atoms with Crippen LogP contribution >= 0.6 is 0 Å². The highest BCUT2D eigenvalue weighted by Crippen LogP contribution is 2.31. The highest BCUT2D eigenvalue weighted by Gasteiger charge is 2.31. The van der Waals surface area contributed by atoms with E-state index in [2.05, 4.69) is 5.32 Å². The van der Waals surface area contributed by atoms with Gasteiger partial charge in [-0.15, -0.1) is 0 Å². The number of ketones is 1. The van der Waals surface area contributed by atoms with E-state index in [0.29, 0.717) is 5.75 Å². The van der Waals surface area contributed by atoms with E-state index >= 15 is 0 Å². The molecule has 0 heterocycles. The van der Waals surface area contributed by atoms with Gasteiger partial charge in [-0.05, 0) is 43.7 Å². The number of nitrogens with one attached hydrogen (secondary N) is 1. The first-order valence-corrected chi connectivity index (χ1v) is 7.87. The summed E-state index contributed by atoms with van der Waals surface area (Å²) >= 11 is 0. The van der Waals surface area contributed by atoms with Gasteiger partial charge in [0.25, 0.3) is 0 Å². The first-order chi connectivity index (χ1) is 12.1. The number of aryl methyl sites for hydroxylation is 1. The Morgan fingerprint density at radius 3 is 2.35 bits per heavy atom. The summed E-state index contributed by atoms with van der Waals surface area (Å²) in [6, 6.07) is 10.3. The Balaban J connectivity index is 2.18. The van der Waals surface area contributed by atoms with Gasteiger partial charge in [-0.2, -0.15) is 13.2 Å². The lowest BCUT2D eigenvalue weighted by Crippen LogP contribution is -2.32. The maximum absolute atomic E-state index is 12.9. The predicted molar refractivity (Wildman–Crippen MR) is 89.8 cm³/mol. The number of ether oxygens (including phenoxy) is 1. The molecule has 0 spiro atoms. The zero-order valence-electron chi connectivity index (χ0n) is 14.3. The molecular formula is C19H18F3NO3. The molecule has 2 aromatic rings. The summed E-state index contributed by atoms with van der Waals surface area (Å²) in [4.78, 5) is 23.5. The van der Waals surface area contributed by atoms with Crippen molar-refractivity contribution in [2.45, 2.75) is 32.5 Å². The molecule has 4 nitrogen and oxygen atoms in total. The van der Waals surface area contributed by atoms with Crippen molar-refractivity contribution >= 4 is 11.9 Å². The molecule has 2 rings (SSSR count). The fraction of sp³-hybridized carbons (Fsp3) is 0.263. The number of hydrogen-bond donors (Lipinski definition) is 1. The van der Waals surface area contributed by atoms with Crippen molar-refractivity contribution in [3.05, 3.63) is 65.2 Å². The van der Waals surface area contributed by atoms with E-state index in [1.54, 1.807) is 24.3 Å². The van der Waals surface area contributed by atoms with E-state index in [1.807, 2.05) is 6.92 Å². The van der Waals surface area contributed by atoms with Gasteiger partial charge in [0.1, 0.15) is 11.5 Å². The summed E-state index contributed by atoms with van der Waals surface area (Å²) in [6.45, 7) is 3.17. The van der Waals surface area contributed by atoms with Crippen molar-refractivity contribution in [2.24, 2.45) is 0 Å². The predicted octanol–water partition coefficient (Wildman–Crippen LogP) is 4.82. The first-order valence-electron chi connectivity index (χ1n) is 7.87. The normalized spacial score (nSPS) is 12.3. The monoisotopic (exact) mass is 365 g/mol. The zero-order valence-corrected chi connectivity index (χ0v) is 14.3. The molecule has 0 bridgehead atoms. The van der Waals surface area contributed by atoms with Crippen LogP contribution in [0.1, 0.15) is 36.1 Å². The summed E-state index contributed by atoms with van der Waals surface area (Å²) in [5.41, 5.74) is 0.310. The van der Waals surface area contributed by atoms with Gasteiger partial charge >= 0.3 is 12.3 Å². The number of carbonyl (C=O) groups is 2. The van der Waals surface area contributed by atoms with Crippen LogP contribution in [0.4, 0.5) is 18.0 Å². The Bertz CT molecular complexity index is 785. The average molecular weight is 365 g/mol. The fourth-order valence-corrected chi connectivity index (χ4v) is 2.36. The van der Waals surface area contributed by atoms with Crippen molar-refractivity contribution < 1.29 is 27.5 Å². The van der Waals surface area contributed by atoms with Crippen LogP contribution in [-0.2, 0) is 11.0 Å². The van der Waals surface area contributed by atoms with Gasteiger partial charge < -0.3 is 10.1 Å². The summed E-state index contributed by atoms with van der Waals surface area (Å²) < 4.78 is 43.8. The molecule has 0 saturated carbocycles. The molecule has 1 N–H and O–H groups in total. The molecule has 0 unspecified atom stereocenters. The maximum Gasteiger partial charge on any atom is 0.416 e. The SMILES string of the molecule is CC(=O)C[C@H](NC(=O)Oc1ccc(C)cc1)c1cccc(C(F)(F)F)c1. The minimum atomic E-state index is -4.51. The molecule has 0 saturated heterocycles. The molecule has 0 aliphatic rings. The van der Waals surface area contributed by atoms with Crippen LogP contribution in [0, 0.1) is 6.92 Å². The molecular weight excluding hydrogens is 347 g/mol. The second-order valence-corrected chi connectivity index (χ2v) is 5.93. The number of amides is 1. The van der Waals surface area contributed by atoms with Crippen molar-refractivity contribution in [1.29, 1.82) is 0 Å². The van der Waals surface area contributed by atoms with Gasteiger partial charge in [0, 0.05) is 6.42 Å². The van der Waals surface area contributed by atoms with Gasteiger partial charge in [-0.3, -0.25) is 4.79 Å². The number of halogens is 3. The zero-order chi connectivity index (χ0) is 19.3. The molecule has 26 heavy (non-hydrogen) atoms. The van der Waals surface area contributed by atoms with Crippen LogP contribution in [0.2, 0.25) is 0 Å². The van der Waals surface area contributed by atoms with Gasteiger partial charge in [0.05, 0.1) is 11.6 Å². The first kappa shape index (κ1) is 19.5. The van der Waals surface area contributed by atoms with E-state index in [-0.39, 0.29) is 17.8 Å². The lowest BCUT2D eigenvalue weighted by molar-refractivity contribution is -0.137. The molecule has 0 radical (unpaired) electrons. The minimum absolute atomic E-state index is 0.149. The summed E-state index contributed by atoms with van der Waals surface area (Å²) in [6.07, 6.45) is -5.51. The van der Waals surface area contributed by atoms with Gasteiger partial charge in [0.2, 0.25) is 0 Å². The highest BCUT2D eigenvalue weighted by molar-refractivity contribution is 5.78. The Kier molecular flexibility index (Phi) is 6.02. The molecule has 0 aliphatic heterocycles. The van der Waals surface area contributed by atoms with E-state index in [0.717, 1.165) is 17.7 Å². The van der Waals surface area contributed by atoms with Gasteiger partial charge in [-0.1, -0.05) is 29.8 Å². The Morgan fingerprint density at radius 2 is 1.77 bits per heavy atom. The third kappa shape index (κ3) is 5.61. The van der Waals surface area contributed by atoms with Crippen molar-refractivity contribution in [1.82, 2.24) is 5.32 Å². The van der Waals surface area contributed by atoms with E-state index in [4.69, 9.17) is 4.74 Å². The van der Waals surface area contributed by atoms with Crippen molar-refractivity contribution in [3.8, 4) is 5.75 Å². The number of Topliss-reactive ketones (excluding diaryl/α,β-unsaturated/α-hetero) is 1. The molecule has 1 amide bonds. The third-order valence-electron chi connectivity index (χ3n) is 3.63. The lowest BCUT2D eigenvalue weighted by atomic mass is 9.99. The molecule has 0 aliphatic carbocycles. The molecule has 0 aromatic heterocycles. The Labute approximate surface area is 149 Å². The van der Waals surface area contributed by atoms with Crippen molar-refractivity contribution in [2.75, 3.05) is 0 Å². The summed E-state index contributed by atoms with van der Waals surface area (Å²) in [5.74, 6) is 0.0155. The summed E-state index contributed by atoms with van der Waals surface area (Å²) in [7, 11) is 0. The molecule has 7 heteroatoms. The molecule has 0 fully saturated rings. The number of benzene rings is 2. The molecule has 1 atom stereocenters. The number of hydrogen-bond acceptors (Lipinski definition) is 3. The Hall–Kier alpha value is -2.83. The smallest absolute Gasteiger partial charge is 0.410 e. The van der Waals surface area contributed by atoms with Crippen LogP contribution in [0.15, 0.2) is 48.5 Å². The quantitative estimate of drug-likeness (QED) is 0.826. The molecule has 138 valence electrons. The second-order valence-electron chi connectivity index (χ2n) is 5.93. The summed E-state index contributed by atoms with van der Waals surface area (Å²) in [5, 5.41) is 2.46. The highest BCUT2D eigenvalue weighted by atomic mass is 19.4. The van der Waals surface area contributed by atoms with Crippen LogP contribution in [0.5, 0.6) is 5.75 Å². The lowest BCUT2D eigenvalue weighted by Gasteiger charge is -2.19. The topological polar surface area (TPSA) is 55.4 Å². The third-order valence-corrected chi connectivity index (χ3v) is 3.63. The van der Waals surface area contributed by atoms with Crippen LogP contribution in [0.25, 0.3) is 0 Å².